The van der Waals surface area contributed by atoms with E-state index in [1.165, 1.54) is 11.9 Å². The molecule has 4 nitrogen and oxygen atoms in total. The molecule has 1 atom stereocenters. The molecule has 1 heterocycles. The van der Waals surface area contributed by atoms with E-state index in [1.807, 2.05) is 0 Å². The van der Waals surface area contributed by atoms with Gasteiger partial charge in [0, 0.05) is 17.6 Å². The molecule has 0 saturated heterocycles. The number of fused-ring (bicyclic) bond motifs is 1. The molecule has 1 amide bonds. The summed E-state index contributed by atoms with van der Waals surface area (Å²) in [6.07, 6.45) is 0.992. The van der Waals surface area contributed by atoms with Crippen molar-refractivity contribution in [1.82, 2.24) is 4.90 Å². The number of hydrogen-bond donors (Lipinski definition) is 1. The molecule has 0 aromatic heterocycles. The van der Waals surface area contributed by atoms with Crippen LogP contribution in [0.4, 0.5) is 0 Å². The van der Waals surface area contributed by atoms with Gasteiger partial charge in [0.1, 0.15) is 6.04 Å². The number of halogens is 1. The van der Waals surface area contributed by atoms with Crippen molar-refractivity contribution in [2.75, 3.05) is 7.05 Å². The number of carboxylic acid groups (broad SMARTS) is 1. The van der Waals surface area contributed by atoms with E-state index in [1.54, 1.807) is 18.2 Å². The molecule has 1 aromatic rings. The first-order valence-corrected chi connectivity index (χ1v) is 5.67. The van der Waals surface area contributed by atoms with E-state index >= 15 is 0 Å². The molecule has 2 rings (SSSR count). The molecule has 17 heavy (non-hydrogen) atoms. The monoisotopic (exact) mass is 253 g/mol. The summed E-state index contributed by atoms with van der Waals surface area (Å²) in [5.74, 6) is -1.26. The number of carbonyl (C=O) groups is 2. The van der Waals surface area contributed by atoms with Gasteiger partial charge in [0.05, 0.1) is 0 Å². The highest BCUT2D eigenvalue weighted by atomic mass is 35.5. The number of nitrogens with zero attached hydrogens (tertiary/aromatic N) is 1. The van der Waals surface area contributed by atoms with Crippen molar-refractivity contribution in [2.45, 2.75) is 18.9 Å². The first kappa shape index (κ1) is 11.9. The fraction of sp³-hybridized carbons (Fsp3) is 0.333. The number of amides is 1. The van der Waals surface area contributed by atoms with Gasteiger partial charge in [0.2, 0.25) is 0 Å². The second-order valence-corrected chi connectivity index (χ2v) is 4.55. The Morgan fingerprint density at radius 2 is 2.24 bits per heavy atom. The molecule has 1 aliphatic heterocycles. The summed E-state index contributed by atoms with van der Waals surface area (Å²) in [6.45, 7) is 0. The third-order valence-corrected chi connectivity index (χ3v) is 3.30. The molecule has 1 N–H and O–H groups in total. The van der Waals surface area contributed by atoms with Crippen LogP contribution in [-0.4, -0.2) is 35.0 Å². The number of hydrogen-bond acceptors (Lipinski definition) is 2. The Morgan fingerprint density at radius 1 is 1.53 bits per heavy atom. The Morgan fingerprint density at radius 3 is 2.88 bits per heavy atom. The van der Waals surface area contributed by atoms with E-state index < -0.39 is 12.0 Å². The van der Waals surface area contributed by atoms with Gasteiger partial charge in [-0.25, -0.2) is 4.79 Å². The van der Waals surface area contributed by atoms with E-state index in [2.05, 4.69) is 0 Å². The average molecular weight is 254 g/mol. The number of benzene rings is 1. The summed E-state index contributed by atoms with van der Waals surface area (Å²) >= 11 is 5.85. The molecule has 0 spiro atoms. The Hall–Kier alpha value is -1.55. The molecule has 1 aliphatic rings. The smallest absolute Gasteiger partial charge is 0.326 e. The van der Waals surface area contributed by atoms with Gasteiger partial charge < -0.3 is 10.0 Å². The summed E-state index contributed by atoms with van der Waals surface area (Å²) in [4.78, 5) is 24.4. The Balaban J connectivity index is 2.44. The van der Waals surface area contributed by atoms with Gasteiger partial charge in [-0.2, -0.15) is 0 Å². The number of aliphatic carboxylic acids is 1. The van der Waals surface area contributed by atoms with Gasteiger partial charge in [-0.1, -0.05) is 17.7 Å². The third kappa shape index (κ3) is 2.13. The van der Waals surface area contributed by atoms with Crippen molar-refractivity contribution in [2.24, 2.45) is 0 Å². The summed E-state index contributed by atoms with van der Waals surface area (Å²) in [5, 5.41) is 9.55. The zero-order valence-corrected chi connectivity index (χ0v) is 10.1. The van der Waals surface area contributed by atoms with Crippen molar-refractivity contribution < 1.29 is 14.7 Å². The van der Waals surface area contributed by atoms with Crippen molar-refractivity contribution in [3.05, 3.63) is 34.3 Å². The van der Waals surface area contributed by atoms with Crippen molar-refractivity contribution >= 4 is 23.5 Å². The van der Waals surface area contributed by atoms with Gasteiger partial charge in [0.15, 0.2) is 0 Å². The first-order chi connectivity index (χ1) is 8.00. The quantitative estimate of drug-likeness (QED) is 0.830. The van der Waals surface area contributed by atoms with Crippen LogP contribution in [0.3, 0.4) is 0 Å². The molecule has 5 heteroatoms. The molecule has 0 radical (unpaired) electrons. The minimum Gasteiger partial charge on any atom is -0.480 e. The topological polar surface area (TPSA) is 57.6 Å². The SMILES string of the molecule is CN1C(=O)c2cc(Cl)ccc2CCC1C(=O)O. The summed E-state index contributed by atoms with van der Waals surface area (Å²) in [5.41, 5.74) is 1.36. The van der Waals surface area contributed by atoms with E-state index in [4.69, 9.17) is 16.7 Å². The van der Waals surface area contributed by atoms with Crippen molar-refractivity contribution in [1.29, 1.82) is 0 Å². The largest absolute Gasteiger partial charge is 0.480 e. The molecular weight excluding hydrogens is 242 g/mol. The van der Waals surface area contributed by atoms with Crippen LogP contribution < -0.4 is 0 Å². The van der Waals surface area contributed by atoms with Gasteiger partial charge in [-0.3, -0.25) is 4.79 Å². The second-order valence-electron chi connectivity index (χ2n) is 4.11. The maximum atomic E-state index is 12.1. The lowest BCUT2D eigenvalue weighted by molar-refractivity contribution is -0.142. The number of carboxylic acids is 1. The first-order valence-electron chi connectivity index (χ1n) is 5.29. The molecule has 0 fully saturated rings. The predicted octanol–water partition coefficient (Wildman–Crippen LogP) is 1.81. The van der Waals surface area contributed by atoms with Crippen molar-refractivity contribution in [3.8, 4) is 0 Å². The minimum atomic E-state index is -0.972. The number of rotatable bonds is 1. The van der Waals surface area contributed by atoms with Crippen LogP contribution in [0.25, 0.3) is 0 Å². The van der Waals surface area contributed by atoms with Crippen LogP contribution in [-0.2, 0) is 11.2 Å². The normalized spacial score (nSPS) is 19.8. The zero-order chi connectivity index (χ0) is 12.6. The van der Waals surface area contributed by atoms with Gasteiger partial charge in [0.25, 0.3) is 5.91 Å². The minimum absolute atomic E-state index is 0.285. The van der Waals surface area contributed by atoms with Crippen LogP contribution >= 0.6 is 11.6 Å². The molecular formula is C12H12ClNO3. The van der Waals surface area contributed by atoms with Gasteiger partial charge in [-0.05, 0) is 30.5 Å². The maximum absolute atomic E-state index is 12.1. The van der Waals surface area contributed by atoms with Crippen LogP contribution in [0.15, 0.2) is 18.2 Å². The second kappa shape index (κ2) is 4.37. The average Bonchev–Trinajstić information content (AvgIpc) is 2.39. The highest BCUT2D eigenvalue weighted by Gasteiger charge is 2.31. The number of aryl methyl sites for hydroxylation is 1. The molecule has 0 aliphatic carbocycles. The standard InChI is InChI=1S/C12H12ClNO3/c1-14-10(12(16)17)5-3-7-2-4-8(13)6-9(7)11(14)15/h2,4,6,10H,3,5H2,1H3,(H,16,17). The van der Waals surface area contributed by atoms with E-state index in [0.29, 0.717) is 23.4 Å². The summed E-state index contributed by atoms with van der Waals surface area (Å²) < 4.78 is 0. The van der Waals surface area contributed by atoms with Crippen LogP contribution in [0.2, 0.25) is 5.02 Å². The van der Waals surface area contributed by atoms with Gasteiger partial charge >= 0.3 is 5.97 Å². The van der Waals surface area contributed by atoms with E-state index in [-0.39, 0.29) is 5.91 Å². The maximum Gasteiger partial charge on any atom is 0.326 e. The van der Waals surface area contributed by atoms with Crippen LogP contribution in [0, 0.1) is 0 Å². The molecule has 1 unspecified atom stereocenters. The molecule has 90 valence electrons. The summed E-state index contributed by atoms with van der Waals surface area (Å²) in [6, 6.07) is 4.33. The fourth-order valence-corrected chi connectivity index (χ4v) is 2.24. The number of likely N-dealkylation sites (N-methyl/N-ethyl adjacent to an activating group) is 1. The van der Waals surface area contributed by atoms with E-state index in [0.717, 1.165) is 5.56 Å². The zero-order valence-electron chi connectivity index (χ0n) is 9.31. The summed E-state index contributed by atoms with van der Waals surface area (Å²) in [7, 11) is 1.51. The van der Waals surface area contributed by atoms with Gasteiger partial charge in [-0.15, -0.1) is 0 Å². The van der Waals surface area contributed by atoms with Crippen LogP contribution in [0.5, 0.6) is 0 Å². The highest BCUT2D eigenvalue weighted by Crippen LogP contribution is 2.24. The highest BCUT2D eigenvalue weighted by molar-refractivity contribution is 6.31. The lowest BCUT2D eigenvalue weighted by atomic mass is 10.0. The van der Waals surface area contributed by atoms with Crippen molar-refractivity contribution in [3.63, 3.8) is 0 Å². The van der Waals surface area contributed by atoms with E-state index in [9.17, 15) is 9.59 Å². The third-order valence-electron chi connectivity index (χ3n) is 3.06. The Kier molecular flexibility index (Phi) is 3.07. The molecule has 0 saturated carbocycles. The molecule has 0 bridgehead atoms. The van der Waals surface area contributed by atoms with Crippen LogP contribution in [0.1, 0.15) is 22.3 Å². The Bertz CT molecular complexity index is 487. The predicted molar refractivity (Wildman–Crippen MR) is 63.3 cm³/mol. The molecule has 1 aromatic carbocycles. The number of carbonyl (C=O) groups excluding carboxylic acids is 1. The lowest BCUT2D eigenvalue weighted by Crippen LogP contribution is -2.41. The fourth-order valence-electron chi connectivity index (χ4n) is 2.07. The Labute approximate surface area is 104 Å². The lowest BCUT2D eigenvalue weighted by Gasteiger charge is -2.22.